The third-order valence-corrected chi connectivity index (χ3v) is 5.17. The molecule has 1 aromatic carbocycles. The highest BCUT2D eigenvalue weighted by atomic mass is 35.5. The molecule has 0 saturated heterocycles. The van der Waals surface area contributed by atoms with Crippen LogP contribution in [-0.2, 0) is 13.6 Å². The molecule has 9 heteroatoms. The zero-order valence-corrected chi connectivity index (χ0v) is 16.8. The van der Waals surface area contributed by atoms with Crippen molar-refractivity contribution in [1.29, 1.82) is 0 Å². The van der Waals surface area contributed by atoms with Crippen LogP contribution in [0.2, 0.25) is 10.0 Å². The Morgan fingerprint density at radius 1 is 1.10 bits per heavy atom. The number of benzene rings is 1. The van der Waals surface area contributed by atoms with Crippen molar-refractivity contribution in [2.45, 2.75) is 6.54 Å². The molecule has 3 aromatic heterocycles. The Bertz CT molecular complexity index is 1300. The van der Waals surface area contributed by atoms with Gasteiger partial charge in [-0.3, -0.25) is 19.3 Å². The second-order valence-corrected chi connectivity index (χ2v) is 7.32. The topological polar surface area (TPSA) is 81.8 Å². The monoisotopic (exact) mass is 427 g/mol. The number of hydrogen-bond donors (Lipinski definition) is 1. The fraction of sp³-hybridized carbons (Fsp3) is 0.100. The third kappa shape index (κ3) is 3.87. The van der Waals surface area contributed by atoms with E-state index in [2.05, 4.69) is 15.4 Å². The summed E-state index contributed by atoms with van der Waals surface area (Å²) in [7, 11) is 1.76. The molecule has 0 aliphatic heterocycles. The average molecular weight is 428 g/mol. The van der Waals surface area contributed by atoms with Crippen molar-refractivity contribution in [3.05, 3.63) is 86.8 Å². The summed E-state index contributed by atoms with van der Waals surface area (Å²) < 4.78 is 3.05. The zero-order chi connectivity index (χ0) is 20.5. The van der Waals surface area contributed by atoms with Gasteiger partial charge in [-0.25, -0.2) is 0 Å². The Labute approximate surface area is 175 Å². The minimum Gasteiger partial charge on any atom is -0.319 e. The van der Waals surface area contributed by atoms with Gasteiger partial charge in [-0.2, -0.15) is 5.10 Å². The summed E-state index contributed by atoms with van der Waals surface area (Å²) in [5.41, 5.74) is 1.44. The lowest BCUT2D eigenvalue weighted by Crippen LogP contribution is -2.24. The van der Waals surface area contributed by atoms with E-state index in [4.69, 9.17) is 23.2 Å². The third-order valence-electron chi connectivity index (χ3n) is 4.43. The molecule has 0 aliphatic rings. The molecule has 4 rings (SSSR count). The summed E-state index contributed by atoms with van der Waals surface area (Å²) in [6, 6.07) is 6.80. The van der Waals surface area contributed by atoms with E-state index < -0.39 is 0 Å². The average Bonchev–Trinajstić information content (AvgIpc) is 3.11. The molecular formula is C20H15Cl2N5O2. The van der Waals surface area contributed by atoms with Crippen LogP contribution in [0, 0.1) is 0 Å². The molecule has 0 unspecified atom stereocenters. The molecule has 1 N–H and O–H groups in total. The Morgan fingerprint density at radius 3 is 2.66 bits per heavy atom. The zero-order valence-electron chi connectivity index (χ0n) is 15.3. The maximum absolute atomic E-state index is 12.9. The molecule has 7 nitrogen and oxygen atoms in total. The van der Waals surface area contributed by atoms with Crippen molar-refractivity contribution in [3.63, 3.8) is 0 Å². The van der Waals surface area contributed by atoms with Crippen LogP contribution in [0.15, 0.2) is 60.0 Å². The number of carbonyl (C=O) groups excluding carboxylic acids is 1. The molecule has 0 spiro atoms. The predicted octanol–water partition coefficient (Wildman–Crippen LogP) is 3.74. The molecule has 0 bridgehead atoms. The minimum atomic E-state index is -0.350. The summed E-state index contributed by atoms with van der Waals surface area (Å²) in [5, 5.41) is 8.55. The van der Waals surface area contributed by atoms with E-state index in [1.54, 1.807) is 60.8 Å². The van der Waals surface area contributed by atoms with Crippen LogP contribution in [0.4, 0.5) is 5.69 Å². The van der Waals surface area contributed by atoms with E-state index >= 15 is 0 Å². The first-order valence-electron chi connectivity index (χ1n) is 8.63. The first-order valence-corrected chi connectivity index (χ1v) is 9.39. The number of fused-ring (bicyclic) bond motifs is 1. The first kappa shape index (κ1) is 19.2. The smallest absolute Gasteiger partial charge is 0.260 e. The van der Waals surface area contributed by atoms with Gasteiger partial charge in [0.05, 0.1) is 39.4 Å². The first-order chi connectivity index (χ1) is 13.9. The van der Waals surface area contributed by atoms with Gasteiger partial charge in [0.1, 0.15) is 0 Å². The van der Waals surface area contributed by atoms with Gasteiger partial charge in [-0.05, 0) is 23.8 Å². The summed E-state index contributed by atoms with van der Waals surface area (Å²) in [5.74, 6) is -0.350. The van der Waals surface area contributed by atoms with Crippen molar-refractivity contribution < 1.29 is 4.79 Å². The van der Waals surface area contributed by atoms with Crippen LogP contribution < -0.4 is 10.9 Å². The Kier molecular flexibility index (Phi) is 5.08. The van der Waals surface area contributed by atoms with Gasteiger partial charge in [0.15, 0.2) is 0 Å². The highest BCUT2D eigenvalue weighted by molar-refractivity contribution is 6.42. The molecular weight excluding hydrogens is 413 g/mol. The Balaban J connectivity index is 1.79. The molecule has 0 atom stereocenters. The molecule has 1 amide bonds. The quantitative estimate of drug-likeness (QED) is 0.537. The number of nitrogens with zero attached hydrogens (tertiary/aromatic N) is 4. The van der Waals surface area contributed by atoms with Crippen molar-refractivity contribution >= 4 is 45.6 Å². The summed E-state index contributed by atoms with van der Waals surface area (Å²) in [6.45, 7) is 0.230. The van der Waals surface area contributed by atoms with Crippen molar-refractivity contribution in [3.8, 4) is 0 Å². The number of amides is 1. The maximum Gasteiger partial charge on any atom is 0.260 e. The van der Waals surface area contributed by atoms with Crippen molar-refractivity contribution in [1.82, 2.24) is 19.3 Å². The van der Waals surface area contributed by atoms with Gasteiger partial charge in [0, 0.05) is 37.2 Å². The standard InChI is InChI=1S/C20H15Cl2N5O2/c1-26-10-13(7-24-26)25-19(28)16-11-27(9-12-2-3-17(21)18(22)6-12)20(29)15-8-23-5-4-14(15)16/h2-8,10-11H,9H2,1H3,(H,25,28). The highest BCUT2D eigenvalue weighted by Gasteiger charge is 2.16. The Morgan fingerprint density at radius 2 is 1.93 bits per heavy atom. The largest absolute Gasteiger partial charge is 0.319 e. The van der Waals surface area contributed by atoms with Gasteiger partial charge in [0.2, 0.25) is 0 Å². The molecule has 0 aliphatic carbocycles. The summed E-state index contributed by atoms with van der Waals surface area (Å²) in [6.07, 6.45) is 7.79. The van der Waals surface area contributed by atoms with Gasteiger partial charge < -0.3 is 9.88 Å². The van der Waals surface area contributed by atoms with E-state index in [0.717, 1.165) is 5.56 Å². The van der Waals surface area contributed by atoms with E-state index in [9.17, 15) is 9.59 Å². The van der Waals surface area contributed by atoms with Crippen molar-refractivity contribution in [2.75, 3.05) is 5.32 Å². The molecule has 146 valence electrons. The fourth-order valence-corrected chi connectivity index (χ4v) is 3.38. The van der Waals surface area contributed by atoms with Gasteiger partial charge in [-0.15, -0.1) is 0 Å². The van der Waals surface area contributed by atoms with E-state index in [1.165, 1.54) is 10.8 Å². The maximum atomic E-state index is 12.9. The van der Waals surface area contributed by atoms with Crippen LogP contribution in [0.3, 0.4) is 0 Å². The number of halogens is 2. The number of nitrogens with one attached hydrogen (secondary N) is 1. The second kappa shape index (κ2) is 7.69. The van der Waals surface area contributed by atoms with Crippen LogP contribution in [0.1, 0.15) is 15.9 Å². The highest BCUT2D eigenvalue weighted by Crippen LogP contribution is 2.23. The van der Waals surface area contributed by atoms with Crippen LogP contribution in [0.25, 0.3) is 10.8 Å². The lowest BCUT2D eigenvalue weighted by molar-refractivity contribution is 0.102. The molecule has 0 radical (unpaired) electrons. The van der Waals surface area contributed by atoms with Crippen LogP contribution in [0.5, 0.6) is 0 Å². The normalized spacial score (nSPS) is 11.0. The number of aryl methyl sites for hydroxylation is 1. The number of pyridine rings is 2. The van der Waals surface area contributed by atoms with Crippen LogP contribution >= 0.6 is 23.2 Å². The van der Waals surface area contributed by atoms with E-state index in [0.29, 0.717) is 32.1 Å². The Hall–Kier alpha value is -3.16. The lowest BCUT2D eigenvalue weighted by Gasteiger charge is -2.12. The molecule has 0 fully saturated rings. The van der Waals surface area contributed by atoms with E-state index in [1.807, 2.05) is 0 Å². The number of hydrogen-bond acceptors (Lipinski definition) is 4. The van der Waals surface area contributed by atoms with Gasteiger partial charge in [0.25, 0.3) is 11.5 Å². The molecule has 0 saturated carbocycles. The molecule has 3 heterocycles. The fourth-order valence-electron chi connectivity index (χ4n) is 3.06. The van der Waals surface area contributed by atoms with Crippen LogP contribution in [-0.4, -0.2) is 25.2 Å². The molecule has 29 heavy (non-hydrogen) atoms. The predicted molar refractivity (Wildman–Crippen MR) is 113 cm³/mol. The summed E-state index contributed by atoms with van der Waals surface area (Å²) in [4.78, 5) is 29.9. The summed E-state index contributed by atoms with van der Waals surface area (Å²) >= 11 is 12.1. The van der Waals surface area contributed by atoms with Gasteiger partial charge in [-0.1, -0.05) is 29.3 Å². The number of aromatic nitrogens is 4. The van der Waals surface area contributed by atoms with Crippen molar-refractivity contribution in [2.24, 2.45) is 7.05 Å². The number of rotatable bonds is 4. The number of anilines is 1. The second-order valence-electron chi connectivity index (χ2n) is 6.50. The minimum absolute atomic E-state index is 0.230. The lowest BCUT2D eigenvalue weighted by atomic mass is 10.1. The van der Waals surface area contributed by atoms with E-state index in [-0.39, 0.29) is 18.0 Å². The van der Waals surface area contributed by atoms with Gasteiger partial charge >= 0.3 is 0 Å². The number of carbonyl (C=O) groups is 1. The SMILES string of the molecule is Cn1cc(NC(=O)c2cn(Cc3ccc(Cl)c(Cl)c3)c(=O)c3cnccc23)cn1. The molecule has 4 aromatic rings.